The van der Waals surface area contributed by atoms with E-state index in [2.05, 4.69) is 41.5 Å². The maximum atomic E-state index is 5.92. The molecule has 24 heavy (non-hydrogen) atoms. The Morgan fingerprint density at radius 1 is 0.958 bits per heavy atom. The van der Waals surface area contributed by atoms with Crippen molar-refractivity contribution in [3.05, 3.63) is 60.4 Å². The van der Waals surface area contributed by atoms with Crippen LogP contribution in [-0.4, -0.2) is 34.1 Å². The number of imidazole rings is 1. The predicted octanol–water partition coefficient (Wildman–Crippen LogP) is 3.96. The lowest BCUT2D eigenvalue weighted by Crippen LogP contribution is -2.27. The molecular formula is C20H25N3O. The minimum atomic E-state index is 0.483. The average Bonchev–Trinajstić information content (AvgIpc) is 2.99. The summed E-state index contributed by atoms with van der Waals surface area (Å²) in [4.78, 5) is 7.20. The van der Waals surface area contributed by atoms with Crippen molar-refractivity contribution in [2.45, 2.75) is 27.0 Å². The van der Waals surface area contributed by atoms with Gasteiger partial charge in [-0.1, -0.05) is 44.2 Å². The zero-order valence-electron chi connectivity index (χ0n) is 14.5. The Bertz CT molecular complexity index is 763. The minimum absolute atomic E-state index is 0.483. The molecule has 0 bridgehead atoms. The van der Waals surface area contributed by atoms with Crippen LogP contribution < -0.4 is 4.74 Å². The van der Waals surface area contributed by atoms with Crippen molar-refractivity contribution in [2.75, 3.05) is 19.6 Å². The highest BCUT2D eigenvalue weighted by Gasteiger charge is 2.12. The maximum Gasteiger partial charge on any atom is 0.148 e. The molecule has 0 N–H and O–H groups in total. The second-order valence-electron chi connectivity index (χ2n) is 5.80. The first-order valence-corrected chi connectivity index (χ1v) is 8.66. The summed E-state index contributed by atoms with van der Waals surface area (Å²) in [7, 11) is 0. The van der Waals surface area contributed by atoms with Gasteiger partial charge in [0.05, 0.1) is 11.0 Å². The Balaban J connectivity index is 1.81. The van der Waals surface area contributed by atoms with Gasteiger partial charge in [-0.3, -0.25) is 0 Å². The summed E-state index contributed by atoms with van der Waals surface area (Å²) < 4.78 is 8.21. The molecule has 4 nitrogen and oxygen atoms in total. The smallest absolute Gasteiger partial charge is 0.148 e. The van der Waals surface area contributed by atoms with Crippen LogP contribution >= 0.6 is 0 Å². The highest BCUT2D eigenvalue weighted by Crippen LogP contribution is 2.18. The number of benzene rings is 2. The van der Waals surface area contributed by atoms with Crippen molar-refractivity contribution >= 4 is 11.0 Å². The van der Waals surface area contributed by atoms with E-state index in [0.717, 1.165) is 43.3 Å². The minimum Gasteiger partial charge on any atom is -0.486 e. The zero-order valence-corrected chi connectivity index (χ0v) is 14.5. The highest BCUT2D eigenvalue weighted by atomic mass is 16.5. The van der Waals surface area contributed by atoms with Crippen LogP contribution in [0.3, 0.4) is 0 Å². The highest BCUT2D eigenvalue weighted by molar-refractivity contribution is 5.75. The topological polar surface area (TPSA) is 30.3 Å². The van der Waals surface area contributed by atoms with Gasteiger partial charge in [0.2, 0.25) is 0 Å². The summed E-state index contributed by atoms with van der Waals surface area (Å²) in [6, 6.07) is 18.2. The molecule has 126 valence electrons. The SMILES string of the molecule is CCN(CC)CCn1c(COc2ccccc2)nc2ccccc21. The van der Waals surface area contributed by atoms with E-state index in [9.17, 15) is 0 Å². The Labute approximate surface area is 143 Å². The van der Waals surface area contributed by atoms with Crippen LogP contribution in [0.4, 0.5) is 0 Å². The number of nitrogens with zero attached hydrogens (tertiary/aromatic N) is 3. The predicted molar refractivity (Wildman–Crippen MR) is 98.3 cm³/mol. The molecule has 1 aromatic heterocycles. The van der Waals surface area contributed by atoms with Crippen LogP contribution in [0.15, 0.2) is 54.6 Å². The molecule has 0 atom stereocenters. The lowest BCUT2D eigenvalue weighted by Gasteiger charge is -2.19. The van der Waals surface area contributed by atoms with E-state index in [0.29, 0.717) is 6.61 Å². The third-order valence-electron chi connectivity index (χ3n) is 4.38. The summed E-state index contributed by atoms with van der Waals surface area (Å²) in [6.07, 6.45) is 0. The van der Waals surface area contributed by atoms with Gasteiger partial charge in [0.25, 0.3) is 0 Å². The van der Waals surface area contributed by atoms with E-state index in [1.54, 1.807) is 0 Å². The van der Waals surface area contributed by atoms with Crippen LogP contribution in [0.25, 0.3) is 11.0 Å². The average molecular weight is 323 g/mol. The number of rotatable bonds is 8. The van der Waals surface area contributed by atoms with E-state index in [1.165, 1.54) is 5.52 Å². The first-order chi connectivity index (χ1) is 11.8. The lowest BCUT2D eigenvalue weighted by atomic mass is 10.3. The molecular weight excluding hydrogens is 298 g/mol. The molecule has 0 amide bonds. The molecule has 0 unspecified atom stereocenters. The van der Waals surface area contributed by atoms with E-state index in [1.807, 2.05) is 36.4 Å². The van der Waals surface area contributed by atoms with Gasteiger partial charge in [0, 0.05) is 13.1 Å². The summed E-state index contributed by atoms with van der Waals surface area (Å²) >= 11 is 0. The van der Waals surface area contributed by atoms with Crippen molar-refractivity contribution in [1.82, 2.24) is 14.5 Å². The lowest BCUT2D eigenvalue weighted by molar-refractivity contribution is 0.271. The number of aromatic nitrogens is 2. The molecule has 0 aliphatic carbocycles. The van der Waals surface area contributed by atoms with Gasteiger partial charge in [-0.15, -0.1) is 0 Å². The second-order valence-corrected chi connectivity index (χ2v) is 5.80. The van der Waals surface area contributed by atoms with Gasteiger partial charge in [0.1, 0.15) is 18.2 Å². The standard InChI is InChI=1S/C20H25N3O/c1-3-22(4-2)14-15-23-19-13-9-8-12-18(19)21-20(23)16-24-17-10-6-5-7-11-17/h5-13H,3-4,14-16H2,1-2H3. The fraction of sp³-hybridized carbons (Fsp3) is 0.350. The molecule has 0 aliphatic rings. The van der Waals surface area contributed by atoms with Gasteiger partial charge in [0.15, 0.2) is 0 Å². The van der Waals surface area contributed by atoms with Gasteiger partial charge in [-0.2, -0.15) is 0 Å². The molecule has 3 aromatic rings. The van der Waals surface area contributed by atoms with Gasteiger partial charge in [-0.25, -0.2) is 4.98 Å². The maximum absolute atomic E-state index is 5.92. The van der Waals surface area contributed by atoms with Crippen LogP contribution in [-0.2, 0) is 13.2 Å². The Hall–Kier alpha value is -2.33. The van der Waals surface area contributed by atoms with Crippen molar-refractivity contribution < 1.29 is 4.74 Å². The fourth-order valence-electron chi connectivity index (χ4n) is 2.93. The molecule has 0 aliphatic heterocycles. The Kier molecular flexibility index (Phi) is 5.49. The molecule has 3 rings (SSSR count). The van der Waals surface area contributed by atoms with Crippen LogP contribution in [0.5, 0.6) is 5.75 Å². The monoisotopic (exact) mass is 323 g/mol. The molecule has 2 aromatic carbocycles. The molecule has 0 spiro atoms. The van der Waals surface area contributed by atoms with Gasteiger partial charge < -0.3 is 14.2 Å². The summed E-state index contributed by atoms with van der Waals surface area (Å²) in [6.45, 7) is 8.97. The number of hydrogen-bond acceptors (Lipinski definition) is 3. The fourth-order valence-corrected chi connectivity index (χ4v) is 2.93. The number of ether oxygens (including phenoxy) is 1. The van der Waals surface area contributed by atoms with Gasteiger partial charge >= 0.3 is 0 Å². The molecule has 0 radical (unpaired) electrons. The molecule has 4 heteroatoms. The Morgan fingerprint density at radius 3 is 2.42 bits per heavy atom. The molecule has 0 fully saturated rings. The van der Waals surface area contributed by atoms with E-state index in [-0.39, 0.29) is 0 Å². The second kappa shape index (κ2) is 7.97. The normalized spacial score (nSPS) is 11.3. The molecule has 1 heterocycles. The number of fused-ring (bicyclic) bond motifs is 1. The summed E-state index contributed by atoms with van der Waals surface area (Å²) in [5.74, 6) is 1.85. The number of hydrogen-bond donors (Lipinski definition) is 0. The number of likely N-dealkylation sites (N-methyl/N-ethyl adjacent to an activating group) is 1. The largest absolute Gasteiger partial charge is 0.486 e. The van der Waals surface area contributed by atoms with Crippen molar-refractivity contribution in [1.29, 1.82) is 0 Å². The zero-order chi connectivity index (χ0) is 16.8. The third kappa shape index (κ3) is 3.77. The first kappa shape index (κ1) is 16.5. The van der Waals surface area contributed by atoms with Crippen LogP contribution in [0.2, 0.25) is 0 Å². The van der Waals surface area contributed by atoms with Crippen molar-refractivity contribution in [2.24, 2.45) is 0 Å². The van der Waals surface area contributed by atoms with E-state index < -0.39 is 0 Å². The van der Waals surface area contributed by atoms with Crippen LogP contribution in [0.1, 0.15) is 19.7 Å². The van der Waals surface area contributed by atoms with Crippen molar-refractivity contribution in [3.63, 3.8) is 0 Å². The summed E-state index contributed by atoms with van der Waals surface area (Å²) in [5.41, 5.74) is 2.21. The Morgan fingerprint density at radius 2 is 1.67 bits per heavy atom. The van der Waals surface area contributed by atoms with E-state index >= 15 is 0 Å². The first-order valence-electron chi connectivity index (χ1n) is 8.66. The quantitative estimate of drug-likeness (QED) is 0.628. The third-order valence-corrected chi connectivity index (χ3v) is 4.38. The molecule has 0 saturated carbocycles. The summed E-state index contributed by atoms with van der Waals surface area (Å²) in [5, 5.41) is 0. The number of para-hydroxylation sites is 3. The van der Waals surface area contributed by atoms with E-state index in [4.69, 9.17) is 9.72 Å². The van der Waals surface area contributed by atoms with Crippen LogP contribution in [0, 0.1) is 0 Å². The van der Waals surface area contributed by atoms with Crippen molar-refractivity contribution in [3.8, 4) is 5.75 Å². The van der Waals surface area contributed by atoms with Gasteiger partial charge in [-0.05, 0) is 37.4 Å². The molecule has 0 saturated heterocycles.